The van der Waals surface area contributed by atoms with Crippen LogP contribution in [0, 0.1) is 0 Å². The topological polar surface area (TPSA) is 80.7 Å². The maximum absolute atomic E-state index is 12.6. The number of rotatable bonds is 6. The third-order valence-corrected chi connectivity index (χ3v) is 4.77. The van der Waals surface area contributed by atoms with Crippen molar-refractivity contribution in [3.05, 3.63) is 30.2 Å². The molecule has 1 amide bonds. The minimum absolute atomic E-state index is 0.0371. The van der Waals surface area contributed by atoms with Crippen LogP contribution in [0.4, 0.5) is 0 Å². The van der Waals surface area contributed by atoms with Gasteiger partial charge >= 0.3 is 0 Å². The van der Waals surface area contributed by atoms with Crippen molar-refractivity contribution in [1.29, 1.82) is 0 Å². The van der Waals surface area contributed by atoms with Gasteiger partial charge in [0, 0.05) is 32.2 Å². The van der Waals surface area contributed by atoms with Crippen LogP contribution in [-0.4, -0.2) is 55.4 Å². The molecule has 1 aliphatic heterocycles. The van der Waals surface area contributed by atoms with Gasteiger partial charge in [-0.1, -0.05) is 5.16 Å². The second-order valence-corrected chi connectivity index (χ2v) is 6.35. The number of nitrogens with zero attached hydrogens (tertiary/aromatic N) is 2. The molecule has 2 fully saturated rings. The number of ether oxygens (including phenoxy) is 1. The summed E-state index contributed by atoms with van der Waals surface area (Å²) >= 11 is 0. The summed E-state index contributed by atoms with van der Waals surface area (Å²) in [7, 11) is 0. The molecule has 4 rings (SSSR count). The van der Waals surface area contributed by atoms with E-state index >= 15 is 0 Å². The number of furan rings is 1. The third-order valence-electron chi connectivity index (χ3n) is 4.77. The molecule has 0 atom stereocenters. The molecule has 0 aromatic carbocycles. The lowest BCUT2D eigenvalue weighted by molar-refractivity contribution is -0.123. The number of morpholine rings is 1. The van der Waals surface area contributed by atoms with Crippen LogP contribution in [0.5, 0.6) is 0 Å². The molecule has 24 heavy (non-hydrogen) atoms. The van der Waals surface area contributed by atoms with Crippen LogP contribution in [0.15, 0.2) is 33.4 Å². The van der Waals surface area contributed by atoms with Gasteiger partial charge < -0.3 is 19.0 Å². The summed E-state index contributed by atoms with van der Waals surface area (Å²) < 4.78 is 16.0. The number of aromatic nitrogens is 1. The Balaban J connectivity index is 1.35. The summed E-state index contributed by atoms with van der Waals surface area (Å²) in [5, 5.41) is 7.15. The Kier molecular flexibility index (Phi) is 4.12. The molecule has 7 nitrogen and oxygen atoms in total. The molecular formula is C17H21N3O4. The Bertz CT molecular complexity index is 685. The Hall–Kier alpha value is -2.12. The molecule has 0 spiro atoms. The van der Waals surface area contributed by atoms with Gasteiger partial charge in [0.15, 0.2) is 5.76 Å². The van der Waals surface area contributed by atoms with Gasteiger partial charge in [-0.15, -0.1) is 0 Å². The van der Waals surface area contributed by atoms with Crippen LogP contribution in [0.2, 0.25) is 0 Å². The van der Waals surface area contributed by atoms with Crippen molar-refractivity contribution in [1.82, 2.24) is 15.4 Å². The monoisotopic (exact) mass is 331 g/mol. The summed E-state index contributed by atoms with van der Waals surface area (Å²) in [4.78, 5) is 14.9. The van der Waals surface area contributed by atoms with E-state index in [0.29, 0.717) is 23.8 Å². The van der Waals surface area contributed by atoms with Crippen molar-refractivity contribution in [2.75, 3.05) is 39.4 Å². The summed E-state index contributed by atoms with van der Waals surface area (Å²) in [5.41, 5.74) is 0.164. The Morgan fingerprint density at radius 1 is 1.29 bits per heavy atom. The van der Waals surface area contributed by atoms with Crippen molar-refractivity contribution in [3.63, 3.8) is 0 Å². The Labute approximate surface area is 139 Å². The van der Waals surface area contributed by atoms with Crippen molar-refractivity contribution >= 4 is 5.91 Å². The van der Waals surface area contributed by atoms with Crippen LogP contribution < -0.4 is 5.32 Å². The quantitative estimate of drug-likeness (QED) is 0.862. The lowest BCUT2D eigenvalue weighted by atomic mass is 10.0. The van der Waals surface area contributed by atoms with Crippen molar-refractivity contribution < 1.29 is 18.5 Å². The average Bonchev–Trinajstić information content (AvgIpc) is 3.02. The summed E-state index contributed by atoms with van der Waals surface area (Å²) in [5.74, 6) is 1.22. The zero-order chi connectivity index (χ0) is 16.4. The van der Waals surface area contributed by atoms with E-state index in [1.54, 1.807) is 12.3 Å². The lowest BCUT2D eigenvalue weighted by Crippen LogP contribution is -2.43. The Morgan fingerprint density at radius 2 is 2.12 bits per heavy atom. The standard InChI is InChI=1S/C17H21N3O4/c21-16(18-5-6-20-7-10-22-11-8-20)17(3-4-17)15-12-14(24-19-15)13-2-1-9-23-13/h1-2,9,12H,3-8,10-11H2,(H,18,21). The molecule has 128 valence electrons. The molecule has 1 saturated heterocycles. The molecule has 0 radical (unpaired) electrons. The number of hydrogen-bond acceptors (Lipinski definition) is 6. The molecule has 2 aromatic heterocycles. The first-order valence-electron chi connectivity index (χ1n) is 8.37. The molecule has 1 N–H and O–H groups in total. The van der Waals surface area contributed by atoms with Gasteiger partial charge in [0.1, 0.15) is 0 Å². The molecule has 2 aromatic rings. The summed E-state index contributed by atoms with van der Waals surface area (Å²) in [6, 6.07) is 5.42. The van der Waals surface area contributed by atoms with Gasteiger partial charge in [-0.3, -0.25) is 9.69 Å². The smallest absolute Gasteiger partial charge is 0.232 e. The predicted octanol–water partition coefficient (Wildman–Crippen LogP) is 1.41. The van der Waals surface area contributed by atoms with E-state index in [2.05, 4.69) is 15.4 Å². The van der Waals surface area contributed by atoms with E-state index in [4.69, 9.17) is 13.7 Å². The Morgan fingerprint density at radius 3 is 2.83 bits per heavy atom. The van der Waals surface area contributed by atoms with Crippen LogP contribution in [-0.2, 0) is 14.9 Å². The number of hydrogen-bond donors (Lipinski definition) is 1. The first kappa shape index (κ1) is 15.4. The normalized spacial score (nSPS) is 20.0. The number of nitrogens with one attached hydrogen (secondary N) is 1. The zero-order valence-corrected chi connectivity index (χ0v) is 13.5. The van der Waals surface area contributed by atoms with Gasteiger partial charge in [-0.2, -0.15) is 0 Å². The van der Waals surface area contributed by atoms with E-state index in [-0.39, 0.29) is 5.91 Å². The predicted molar refractivity (Wildman–Crippen MR) is 85.4 cm³/mol. The van der Waals surface area contributed by atoms with Crippen molar-refractivity contribution in [2.24, 2.45) is 0 Å². The molecule has 0 unspecified atom stereocenters. The summed E-state index contributed by atoms with van der Waals surface area (Å²) in [6.45, 7) is 4.89. The fraction of sp³-hybridized carbons (Fsp3) is 0.529. The SMILES string of the molecule is O=C(NCCN1CCOCC1)C1(c2cc(-c3ccco3)on2)CC1. The van der Waals surface area contributed by atoms with Crippen molar-refractivity contribution in [2.45, 2.75) is 18.3 Å². The first-order chi connectivity index (χ1) is 11.8. The molecule has 1 saturated carbocycles. The van der Waals surface area contributed by atoms with E-state index in [1.807, 2.05) is 12.1 Å². The van der Waals surface area contributed by atoms with Crippen LogP contribution in [0.1, 0.15) is 18.5 Å². The number of carbonyl (C=O) groups is 1. The second kappa shape index (κ2) is 6.41. The minimum Gasteiger partial charge on any atom is -0.461 e. The van der Waals surface area contributed by atoms with E-state index in [0.717, 1.165) is 45.7 Å². The van der Waals surface area contributed by atoms with Gasteiger partial charge in [-0.25, -0.2) is 0 Å². The van der Waals surface area contributed by atoms with E-state index < -0.39 is 5.41 Å². The fourth-order valence-electron chi connectivity index (χ4n) is 3.08. The minimum atomic E-state index is -0.528. The van der Waals surface area contributed by atoms with Gasteiger partial charge in [0.05, 0.1) is 30.6 Å². The molecule has 2 aliphatic rings. The summed E-state index contributed by atoms with van der Waals surface area (Å²) in [6.07, 6.45) is 3.20. The largest absolute Gasteiger partial charge is 0.461 e. The highest BCUT2D eigenvalue weighted by Gasteiger charge is 2.53. The average molecular weight is 331 g/mol. The molecule has 7 heteroatoms. The highest BCUT2D eigenvalue weighted by Crippen LogP contribution is 2.48. The molecule has 3 heterocycles. The first-order valence-corrected chi connectivity index (χ1v) is 8.37. The highest BCUT2D eigenvalue weighted by atomic mass is 16.5. The molecule has 1 aliphatic carbocycles. The lowest BCUT2D eigenvalue weighted by Gasteiger charge is -2.26. The van der Waals surface area contributed by atoms with Crippen LogP contribution >= 0.6 is 0 Å². The number of carbonyl (C=O) groups excluding carboxylic acids is 1. The van der Waals surface area contributed by atoms with Gasteiger partial charge in [-0.05, 0) is 25.0 Å². The van der Waals surface area contributed by atoms with Gasteiger partial charge in [0.2, 0.25) is 11.7 Å². The van der Waals surface area contributed by atoms with Crippen LogP contribution in [0.3, 0.4) is 0 Å². The van der Waals surface area contributed by atoms with E-state index in [9.17, 15) is 4.79 Å². The second-order valence-electron chi connectivity index (χ2n) is 6.35. The maximum atomic E-state index is 12.6. The van der Waals surface area contributed by atoms with Crippen molar-refractivity contribution in [3.8, 4) is 11.5 Å². The number of amides is 1. The fourth-order valence-corrected chi connectivity index (χ4v) is 3.08. The van der Waals surface area contributed by atoms with Gasteiger partial charge in [0.25, 0.3) is 0 Å². The van der Waals surface area contributed by atoms with E-state index in [1.165, 1.54) is 0 Å². The van der Waals surface area contributed by atoms with Crippen LogP contribution in [0.25, 0.3) is 11.5 Å². The highest BCUT2D eigenvalue weighted by molar-refractivity contribution is 5.90. The maximum Gasteiger partial charge on any atom is 0.232 e. The molecular weight excluding hydrogens is 310 g/mol. The molecule has 0 bridgehead atoms. The zero-order valence-electron chi connectivity index (χ0n) is 13.5. The third kappa shape index (κ3) is 2.97.